The molecule has 0 radical (unpaired) electrons. The molecule has 0 bridgehead atoms. The quantitative estimate of drug-likeness (QED) is 0.376. The zero-order chi connectivity index (χ0) is 16.8. The van der Waals surface area contributed by atoms with Crippen LogP contribution in [0.5, 0.6) is 0 Å². The van der Waals surface area contributed by atoms with Crippen molar-refractivity contribution in [3.8, 4) is 0 Å². The maximum Gasteiger partial charge on any atom is 0.191 e. The van der Waals surface area contributed by atoms with Crippen molar-refractivity contribution in [2.45, 2.75) is 25.4 Å². The minimum atomic E-state index is 0. The Kier molecular flexibility index (Phi) is 8.68. The Labute approximate surface area is 175 Å². The summed E-state index contributed by atoms with van der Waals surface area (Å²) in [6.07, 6.45) is 2.54. The number of hydrogen-bond acceptors (Lipinski definition) is 4. The van der Waals surface area contributed by atoms with Crippen molar-refractivity contribution >= 4 is 52.6 Å². The second-order valence-electron chi connectivity index (χ2n) is 6.23. The number of nitrogens with one attached hydrogen (secondary N) is 2. The topological polar surface area (TPSA) is 39.7 Å². The van der Waals surface area contributed by atoms with Gasteiger partial charge in [-0.15, -0.1) is 46.7 Å². The van der Waals surface area contributed by atoms with E-state index >= 15 is 0 Å². The van der Waals surface area contributed by atoms with Gasteiger partial charge in [-0.05, 0) is 55.2 Å². The van der Waals surface area contributed by atoms with E-state index in [2.05, 4.69) is 62.6 Å². The fourth-order valence-corrected chi connectivity index (χ4v) is 5.04. The second kappa shape index (κ2) is 10.5. The summed E-state index contributed by atoms with van der Waals surface area (Å²) in [5.74, 6) is 1.50. The molecule has 4 nitrogen and oxygen atoms in total. The molecular formula is C18H27IN4S2. The summed E-state index contributed by atoms with van der Waals surface area (Å²) in [5, 5.41) is 11.2. The van der Waals surface area contributed by atoms with Crippen molar-refractivity contribution in [2.24, 2.45) is 10.9 Å². The fraction of sp³-hybridized carbons (Fsp3) is 0.500. The van der Waals surface area contributed by atoms with Crippen molar-refractivity contribution in [3.05, 3.63) is 44.8 Å². The van der Waals surface area contributed by atoms with Gasteiger partial charge in [0.15, 0.2) is 5.96 Å². The van der Waals surface area contributed by atoms with Crippen molar-refractivity contribution in [3.63, 3.8) is 0 Å². The van der Waals surface area contributed by atoms with E-state index in [4.69, 9.17) is 0 Å². The summed E-state index contributed by atoms with van der Waals surface area (Å²) in [6, 6.07) is 9.18. The van der Waals surface area contributed by atoms with Crippen LogP contribution in [0.1, 0.15) is 28.6 Å². The van der Waals surface area contributed by atoms with E-state index < -0.39 is 0 Å². The molecule has 0 saturated carbocycles. The molecule has 0 aliphatic carbocycles. The number of nitrogens with zero attached hydrogens (tertiary/aromatic N) is 2. The number of guanidine groups is 1. The molecule has 7 heteroatoms. The number of rotatable bonds is 5. The predicted molar refractivity (Wildman–Crippen MR) is 120 cm³/mol. The lowest BCUT2D eigenvalue weighted by Gasteiger charge is -2.39. The minimum absolute atomic E-state index is 0. The van der Waals surface area contributed by atoms with Gasteiger partial charge in [-0.25, -0.2) is 0 Å². The van der Waals surface area contributed by atoms with Crippen LogP contribution in [-0.2, 0) is 6.54 Å². The van der Waals surface area contributed by atoms with Crippen LogP contribution in [0.2, 0.25) is 0 Å². The fourth-order valence-electron chi connectivity index (χ4n) is 3.41. The Morgan fingerprint density at radius 2 is 2.04 bits per heavy atom. The van der Waals surface area contributed by atoms with Gasteiger partial charge in [0.05, 0.1) is 6.54 Å². The Morgan fingerprint density at radius 3 is 2.72 bits per heavy atom. The minimum Gasteiger partial charge on any atom is -0.356 e. The highest BCUT2D eigenvalue weighted by Crippen LogP contribution is 2.36. The molecule has 25 heavy (non-hydrogen) atoms. The molecule has 3 heterocycles. The molecule has 1 fully saturated rings. The SMILES string of the molecule is CN=C(NCc1cccs1)NCC1CCCN(C)C1c1cccs1.I. The molecule has 2 aromatic rings. The monoisotopic (exact) mass is 490 g/mol. The molecule has 1 aliphatic heterocycles. The first kappa shape index (κ1) is 20.7. The van der Waals surface area contributed by atoms with E-state index in [-0.39, 0.29) is 24.0 Å². The number of hydrogen-bond donors (Lipinski definition) is 2. The van der Waals surface area contributed by atoms with E-state index in [1.54, 1.807) is 11.3 Å². The molecule has 2 atom stereocenters. The maximum absolute atomic E-state index is 4.37. The maximum atomic E-state index is 4.37. The number of halogens is 1. The average Bonchev–Trinajstić information content (AvgIpc) is 3.29. The normalized spacial score (nSPS) is 21.6. The van der Waals surface area contributed by atoms with Gasteiger partial charge in [-0.2, -0.15) is 0 Å². The third-order valence-corrected chi connectivity index (χ3v) is 6.43. The standard InChI is InChI=1S/C18H26N4S2.HI/c1-19-18(21-13-15-7-4-10-23-15)20-12-14-6-3-9-22(2)17(14)16-8-5-11-24-16;/h4-5,7-8,10-11,14,17H,3,6,9,12-13H2,1-2H3,(H2,19,20,21);1H. The summed E-state index contributed by atoms with van der Waals surface area (Å²) < 4.78 is 0. The summed E-state index contributed by atoms with van der Waals surface area (Å²) in [6.45, 7) is 2.97. The smallest absolute Gasteiger partial charge is 0.191 e. The molecule has 1 saturated heterocycles. The van der Waals surface area contributed by atoms with Gasteiger partial charge < -0.3 is 10.6 Å². The van der Waals surface area contributed by atoms with Gasteiger partial charge in [-0.3, -0.25) is 9.89 Å². The first-order valence-corrected chi connectivity index (χ1v) is 10.2. The average molecular weight is 490 g/mol. The Morgan fingerprint density at radius 1 is 1.24 bits per heavy atom. The highest BCUT2D eigenvalue weighted by Gasteiger charge is 2.31. The van der Waals surface area contributed by atoms with Crippen LogP contribution < -0.4 is 10.6 Å². The second-order valence-corrected chi connectivity index (χ2v) is 8.24. The molecule has 2 aromatic heterocycles. The largest absolute Gasteiger partial charge is 0.356 e. The van der Waals surface area contributed by atoms with Crippen LogP contribution in [0.3, 0.4) is 0 Å². The van der Waals surface area contributed by atoms with Gasteiger partial charge in [-0.1, -0.05) is 12.1 Å². The zero-order valence-corrected chi connectivity index (χ0v) is 18.7. The van der Waals surface area contributed by atoms with E-state index in [0.717, 1.165) is 19.0 Å². The van der Waals surface area contributed by atoms with Crippen molar-refractivity contribution in [1.29, 1.82) is 0 Å². The number of likely N-dealkylation sites (tertiary alicyclic amines) is 1. The molecule has 2 N–H and O–H groups in total. The van der Waals surface area contributed by atoms with Gasteiger partial charge >= 0.3 is 0 Å². The Balaban J connectivity index is 0.00000225. The number of piperidine rings is 1. The van der Waals surface area contributed by atoms with Crippen LogP contribution in [0.25, 0.3) is 0 Å². The zero-order valence-electron chi connectivity index (χ0n) is 14.8. The van der Waals surface area contributed by atoms with E-state index in [1.807, 2.05) is 18.4 Å². The van der Waals surface area contributed by atoms with Crippen molar-refractivity contribution < 1.29 is 0 Å². The lowest BCUT2D eigenvalue weighted by atomic mass is 9.88. The van der Waals surface area contributed by atoms with Gasteiger partial charge in [0.2, 0.25) is 0 Å². The van der Waals surface area contributed by atoms with Crippen LogP contribution in [0.15, 0.2) is 40.0 Å². The van der Waals surface area contributed by atoms with E-state index in [1.165, 1.54) is 29.1 Å². The van der Waals surface area contributed by atoms with E-state index in [9.17, 15) is 0 Å². The third-order valence-electron chi connectivity index (χ3n) is 4.61. The first-order valence-electron chi connectivity index (χ1n) is 8.48. The van der Waals surface area contributed by atoms with Crippen molar-refractivity contribution in [1.82, 2.24) is 15.5 Å². The van der Waals surface area contributed by atoms with E-state index in [0.29, 0.717) is 12.0 Å². The number of thiophene rings is 2. The molecule has 0 spiro atoms. The van der Waals surface area contributed by atoms with Crippen LogP contribution in [0, 0.1) is 5.92 Å². The molecular weight excluding hydrogens is 463 g/mol. The summed E-state index contributed by atoms with van der Waals surface area (Å²) in [4.78, 5) is 9.67. The molecule has 0 aromatic carbocycles. The van der Waals surface area contributed by atoms with Crippen LogP contribution in [-0.4, -0.2) is 38.0 Å². The summed E-state index contributed by atoms with van der Waals surface area (Å²) in [5.41, 5.74) is 0. The summed E-state index contributed by atoms with van der Waals surface area (Å²) >= 11 is 3.64. The van der Waals surface area contributed by atoms with Crippen LogP contribution >= 0.6 is 46.7 Å². The highest BCUT2D eigenvalue weighted by atomic mass is 127. The van der Waals surface area contributed by atoms with Gasteiger partial charge in [0.25, 0.3) is 0 Å². The summed E-state index contributed by atoms with van der Waals surface area (Å²) in [7, 11) is 4.09. The van der Waals surface area contributed by atoms with Gasteiger partial charge in [0.1, 0.15) is 0 Å². The molecule has 1 aliphatic rings. The van der Waals surface area contributed by atoms with Gasteiger partial charge in [0, 0.05) is 29.4 Å². The molecule has 2 unspecified atom stereocenters. The van der Waals surface area contributed by atoms with Crippen LogP contribution in [0.4, 0.5) is 0 Å². The predicted octanol–water partition coefficient (Wildman–Crippen LogP) is 4.18. The molecule has 138 valence electrons. The lowest BCUT2D eigenvalue weighted by molar-refractivity contribution is 0.125. The molecule has 0 amide bonds. The Bertz CT molecular complexity index is 628. The molecule has 3 rings (SSSR count). The Hall–Kier alpha value is -0.640. The van der Waals surface area contributed by atoms with Crippen molar-refractivity contribution in [2.75, 3.05) is 27.2 Å². The lowest BCUT2D eigenvalue weighted by Crippen LogP contribution is -2.44. The highest BCUT2D eigenvalue weighted by molar-refractivity contribution is 14.0. The third kappa shape index (κ3) is 5.67. The number of aliphatic imine (C=N–C) groups is 1. The first-order chi connectivity index (χ1) is 11.8.